The maximum absolute atomic E-state index is 2.29. The Balaban J connectivity index is 1.54. The van der Waals surface area contributed by atoms with Crippen LogP contribution in [0.1, 0.15) is 33.4 Å². The molecule has 0 radical (unpaired) electrons. The Morgan fingerprint density at radius 2 is 0.727 bits per heavy atom. The third-order valence-corrected chi connectivity index (χ3v) is 5.70. The molecule has 162 valence electrons. The van der Waals surface area contributed by atoms with E-state index >= 15 is 0 Å². The number of hydrogen-bond donors (Lipinski definition) is 0. The highest BCUT2D eigenvalue weighted by Gasteiger charge is 2.06. The average Bonchev–Trinajstić information content (AvgIpc) is 2.87. The van der Waals surface area contributed by atoms with Crippen molar-refractivity contribution in [3.63, 3.8) is 0 Å². The van der Waals surface area contributed by atoms with E-state index in [0.29, 0.717) is 0 Å². The zero-order valence-corrected chi connectivity index (χ0v) is 19.0. The van der Waals surface area contributed by atoms with Crippen LogP contribution in [0.15, 0.2) is 127 Å². The maximum Gasteiger partial charge on any atom is -0.00884 e. The first kappa shape index (κ1) is 22.3. The fraction of sp³-hybridized carbons (Fsp3) is 0.0909. The SMILES string of the molecule is C(=Cc1ccccc1)Cc1cccc(CC=Cc2ccccc2)c1CC=Cc1ccccc1. The average molecular weight is 427 g/mol. The molecule has 0 unspecified atom stereocenters. The lowest BCUT2D eigenvalue weighted by Crippen LogP contribution is -1.98. The Hall–Kier alpha value is -3.90. The summed E-state index contributed by atoms with van der Waals surface area (Å²) in [4.78, 5) is 0. The van der Waals surface area contributed by atoms with E-state index in [4.69, 9.17) is 0 Å². The fourth-order valence-corrected chi connectivity index (χ4v) is 3.98. The van der Waals surface area contributed by atoms with Crippen molar-refractivity contribution in [1.82, 2.24) is 0 Å². The van der Waals surface area contributed by atoms with Gasteiger partial charge in [0.2, 0.25) is 0 Å². The molecule has 0 aliphatic carbocycles. The van der Waals surface area contributed by atoms with Crippen LogP contribution >= 0.6 is 0 Å². The van der Waals surface area contributed by atoms with Gasteiger partial charge < -0.3 is 0 Å². The van der Waals surface area contributed by atoms with Crippen molar-refractivity contribution >= 4 is 18.2 Å². The van der Waals surface area contributed by atoms with Crippen molar-refractivity contribution < 1.29 is 0 Å². The Morgan fingerprint density at radius 3 is 1.12 bits per heavy atom. The summed E-state index contributed by atoms with van der Waals surface area (Å²) >= 11 is 0. The quantitative estimate of drug-likeness (QED) is 0.252. The zero-order chi connectivity index (χ0) is 22.6. The van der Waals surface area contributed by atoms with Crippen molar-refractivity contribution in [2.24, 2.45) is 0 Å². The minimum absolute atomic E-state index is 0.929. The molecule has 0 saturated heterocycles. The summed E-state index contributed by atoms with van der Waals surface area (Å²) in [5.74, 6) is 0. The molecule has 0 nitrogen and oxygen atoms in total. The molecule has 0 spiro atoms. The molecule has 4 rings (SSSR count). The number of hydrogen-bond acceptors (Lipinski definition) is 0. The lowest BCUT2D eigenvalue weighted by molar-refractivity contribution is 1.09. The maximum atomic E-state index is 2.29. The molecule has 0 aliphatic heterocycles. The lowest BCUT2D eigenvalue weighted by atomic mass is 9.93. The highest BCUT2D eigenvalue weighted by atomic mass is 14.1. The van der Waals surface area contributed by atoms with Gasteiger partial charge in [0, 0.05) is 0 Å². The zero-order valence-electron chi connectivity index (χ0n) is 19.0. The first-order chi connectivity index (χ1) is 16.4. The molecule has 0 saturated carbocycles. The predicted octanol–water partition coefficient (Wildman–Crippen LogP) is 8.45. The van der Waals surface area contributed by atoms with E-state index < -0.39 is 0 Å². The monoisotopic (exact) mass is 426 g/mol. The van der Waals surface area contributed by atoms with Crippen molar-refractivity contribution in [2.45, 2.75) is 19.3 Å². The Kier molecular flexibility index (Phi) is 8.26. The Morgan fingerprint density at radius 1 is 0.364 bits per heavy atom. The van der Waals surface area contributed by atoms with Gasteiger partial charge in [-0.2, -0.15) is 0 Å². The van der Waals surface area contributed by atoms with E-state index in [-0.39, 0.29) is 0 Å². The molecule has 0 aromatic heterocycles. The highest BCUT2D eigenvalue weighted by Crippen LogP contribution is 2.20. The minimum Gasteiger partial charge on any atom is -0.0795 e. The molecular weight excluding hydrogens is 396 g/mol. The largest absolute Gasteiger partial charge is 0.0795 e. The van der Waals surface area contributed by atoms with Crippen LogP contribution in [0, 0.1) is 0 Å². The summed E-state index contributed by atoms with van der Waals surface area (Å²) in [6.07, 6.45) is 16.3. The molecule has 0 bridgehead atoms. The summed E-state index contributed by atoms with van der Waals surface area (Å²) in [5, 5.41) is 0. The lowest BCUT2D eigenvalue weighted by Gasteiger charge is -2.12. The van der Waals surface area contributed by atoms with Gasteiger partial charge in [-0.25, -0.2) is 0 Å². The first-order valence-corrected chi connectivity index (χ1v) is 11.6. The summed E-state index contributed by atoms with van der Waals surface area (Å²) < 4.78 is 0. The van der Waals surface area contributed by atoms with Crippen LogP contribution in [-0.4, -0.2) is 0 Å². The highest BCUT2D eigenvalue weighted by molar-refractivity contribution is 5.53. The fourth-order valence-electron chi connectivity index (χ4n) is 3.98. The van der Waals surface area contributed by atoms with Gasteiger partial charge in [0.15, 0.2) is 0 Å². The normalized spacial score (nSPS) is 11.6. The van der Waals surface area contributed by atoms with E-state index in [2.05, 4.69) is 146 Å². The Bertz CT molecular complexity index is 1130. The molecule has 0 heterocycles. The van der Waals surface area contributed by atoms with Gasteiger partial charge in [-0.05, 0) is 52.6 Å². The second-order valence-electron chi connectivity index (χ2n) is 8.11. The van der Waals surface area contributed by atoms with Gasteiger partial charge in [-0.1, -0.05) is 146 Å². The third-order valence-electron chi connectivity index (χ3n) is 5.70. The van der Waals surface area contributed by atoms with Crippen molar-refractivity contribution in [3.8, 4) is 0 Å². The van der Waals surface area contributed by atoms with Crippen LogP contribution in [0.2, 0.25) is 0 Å². The summed E-state index contributed by atoms with van der Waals surface area (Å²) in [6, 6.07) is 38.3. The van der Waals surface area contributed by atoms with Gasteiger partial charge in [-0.15, -0.1) is 0 Å². The third kappa shape index (κ3) is 7.05. The van der Waals surface area contributed by atoms with Crippen LogP contribution in [0.5, 0.6) is 0 Å². The molecule has 4 aromatic rings. The van der Waals surface area contributed by atoms with E-state index in [1.807, 2.05) is 0 Å². The van der Waals surface area contributed by atoms with Crippen LogP contribution in [0.3, 0.4) is 0 Å². The van der Waals surface area contributed by atoms with Crippen LogP contribution < -0.4 is 0 Å². The first-order valence-electron chi connectivity index (χ1n) is 11.6. The molecule has 0 amide bonds. The number of benzene rings is 4. The van der Waals surface area contributed by atoms with Gasteiger partial charge in [0.1, 0.15) is 0 Å². The van der Waals surface area contributed by atoms with Gasteiger partial charge in [-0.3, -0.25) is 0 Å². The summed E-state index contributed by atoms with van der Waals surface area (Å²) in [6.45, 7) is 0. The summed E-state index contributed by atoms with van der Waals surface area (Å²) in [5.41, 5.74) is 7.94. The molecule has 0 heteroatoms. The predicted molar refractivity (Wildman–Crippen MR) is 144 cm³/mol. The van der Waals surface area contributed by atoms with Gasteiger partial charge in [0.05, 0.1) is 0 Å². The summed E-state index contributed by atoms with van der Waals surface area (Å²) in [7, 11) is 0. The molecule has 33 heavy (non-hydrogen) atoms. The van der Waals surface area contributed by atoms with Gasteiger partial charge in [0.25, 0.3) is 0 Å². The van der Waals surface area contributed by atoms with E-state index in [1.165, 1.54) is 33.4 Å². The molecule has 0 atom stereocenters. The smallest absolute Gasteiger partial charge is 0.00884 e. The van der Waals surface area contributed by atoms with E-state index in [1.54, 1.807) is 0 Å². The van der Waals surface area contributed by atoms with Gasteiger partial charge >= 0.3 is 0 Å². The molecule has 0 fully saturated rings. The van der Waals surface area contributed by atoms with Crippen molar-refractivity contribution in [2.75, 3.05) is 0 Å². The molecular formula is C33H30. The van der Waals surface area contributed by atoms with Crippen LogP contribution in [-0.2, 0) is 19.3 Å². The second-order valence-corrected chi connectivity index (χ2v) is 8.11. The number of rotatable bonds is 9. The molecule has 4 aromatic carbocycles. The minimum atomic E-state index is 0.929. The van der Waals surface area contributed by atoms with Crippen LogP contribution in [0.25, 0.3) is 18.2 Å². The van der Waals surface area contributed by atoms with Crippen molar-refractivity contribution in [1.29, 1.82) is 0 Å². The van der Waals surface area contributed by atoms with Crippen molar-refractivity contribution in [3.05, 3.63) is 161 Å². The molecule has 0 N–H and O–H groups in total. The van der Waals surface area contributed by atoms with E-state index in [9.17, 15) is 0 Å². The van der Waals surface area contributed by atoms with E-state index in [0.717, 1.165) is 19.3 Å². The Labute approximate surface area is 198 Å². The topological polar surface area (TPSA) is 0 Å². The standard InChI is InChI=1S/C33H30/c1-4-14-28(15-5-1)20-10-23-31-25-13-26-32(24-11-21-29-16-6-2-7-17-29)33(31)27-12-22-30-18-8-3-9-19-30/h1-22,25-26H,23-24,27H2. The second kappa shape index (κ2) is 12.2. The number of allylic oxidation sites excluding steroid dienone is 3. The molecule has 0 aliphatic rings. The van der Waals surface area contributed by atoms with Crippen LogP contribution in [0.4, 0.5) is 0 Å².